The Morgan fingerprint density at radius 3 is 2.37 bits per heavy atom. The summed E-state index contributed by atoms with van der Waals surface area (Å²) in [5.41, 5.74) is 0.954. The average molecular weight is 473 g/mol. The first-order chi connectivity index (χ1) is 16.8. The van der Waals surface area contributed by atoms with Crippen molar-refractivity contribution in [2.45, 2.75) is 25.4 Å². The van der Waals surface area contributed by atoms with Crippen LogP contribution < -0.4 is 9.64 Å². The quantitative estimate of drug-likeness (QED) is 0.290. The molecule has 9 heteroatoms. The number of hydrogen-bond acceptors (Lipinski definition) is 6. The maximum atomic E-state index is 13.7. The van der Waals surface area contributed by atoms with Crippen LogP contribution in [0.2, 0.25) is 0 Å². The first-order valence-electron chi connectivity index (χ1n) is 10.9. The molecule has 35 heavy (non-hydrogen) atoms. The number of rotatable bonds is 7. The Balaban J connectivity index is 1.74. The second-order valence-electron chi connectivity index (χ2n) is 8.09. The summed E-state index contributed by atoms with van der Waals surface area (Å²) in [5.74, 6) is -0.985. The van der Waals surface area contributed by atoms with Crippen molar-refractivity contribution in [2.24, 2.45) is 0 Å². The Morgan fingerprint density at radius 1 is 1.06 bits per heavy atom. The van der Waals surface area contributed by atoms with E-state index < -0.39 is 34.7 Å². The van der Waals surface area contributed by atoms with Crippen LogP contribution in [0.1, 0.15) is 35.3 Å². The first-order valence-corrected chi connectivity index (χ1v) is 10.9. The SMILES string of the molecule is COc1ccc(N2C(=O)CC(N(C(=O)c3cccc([N+](=O)[O-])c3)C(C)c3ccccc3)C2=O)cc1. The fourth-order valence-electron chi connectivity index (χ4n) is 4.22. The predicted octanol–water partition coefficient (Wildman–Crippen LogP) is 4.14. The van der Waals surface area contributed by atoms with E-state index in [9.17, 15) is 24.5 Å². The molecule has 2 unspecified atom stereocenters. The molecule has 1 saturated heterocycles. The van der Waals surface area contributed by atoms with Crippen LogP contribution in [0.15, 0.2) is 78.9 Å². The fourth-order valence-corrected chi connectivity index (χ4v) is 4.22. The van der Waals surface area contributed by atoms with Gasteiger partial charge in [-0.3, -0.25) is 24.5 Å². The zero-order valence-corrected chi connectivity index (χ0v) is 19.2. The van der Waals surface area contributed by atoms with Gasteiger partial charge >= 0.3 is 0 Å². The first kappa shape index (κ1) is 23.6. The molecule has 4 rings (SSSR count). The molecule has 0 aromatic heterocycles. The van der Waals surface area contributed by atoms with E-state index in [0.29, 0.717) is 11.4 Å². The van der Waals surface area contributed by atoms with Gasteiger partial charge in [-0.15, -0.1) is 0 Å². The van der Waals surface area contributed by atoms with E-state index in [1.807, 2.05) is 30.3 Å². The number of amides is 3. The monoisotopic (exact) mass is 473 g/mol. The Morgan fingerprint density at radius 2 is 1.74 bits per heavy atom. The van der Waals surface area contributed by atoms with E-state index in [-0.39, 0.29) is 17.7 Å². The van der Waals surface area contributed by atoms with Crippen LogP contribution in [0, 0.1) is 10.1 Å². The molecular weight excluding hydrogens is 450 g/mol. The third kappa shape index (κ3) is 4.61. The molecule has 0 saturated carbocycles. The van der Waals surface area contributed by atoms with Crippen molar-refractivity contribution in [3.05, 3.63) is 100 Å². The molecule has 9 nitrogen and oxygen atoms in total. The van der Waals surface area contributed by atoms with Crippen LogP contribution in [0.3, 0.4) is 0 Å². The molecule has 3 aromatic carbocycles. The van der Waals surface area contributed by atoms with Crippen LogP contribution in [0.25, 0.3) is 0 Å². The number of benzene rings is 3. The van der Waals surface area contributed by atoms with Crippen molar-refractivity contribution in [2.75, 3.05) is 12.0 Å². The number of methoxy groups -OCH3 is 1. The molecular formula is C26H23N3O6. The largest absolute Gasteiger partial charge is 0.497 e. The Hall–Kier alpha value is -4.53. The molecule has 0 spiro atoms. The maximum absolute atomic E-state index is 13.7. The molecule has 2 atom stereocenters. The standard InChI is InChI=1S/C26H23N3O6/c1-17(18-7-4-3-5-8-18)27(25(31)19-9-6-10-21(15-19)29(33)34)23-16-24(30)28(26(23)32)20-11-13-22(35-2)14-12-20/h3-15,17,23H,16H2,1-2H3. The molecule has 0 aliphatic carbocycles. The van der Waals surface area contributed by atoms with E-state index in [2.05, 4.69) is 0 Å². The fraction of sp³-hybridized carbons (Fsp3) is 0.192. The number of ether oxygens (including phenoxy) is 1. The molecule has 3 aromatic rings. The number of hydrogen-bond donors (Lipinski definition) is 0. The smallest absolute Gasteiger partial charge is 0.270 e. The van der Waals surface area contributed by atoms with E-state index >= 15 is 0 Å². The summed E-state index contributed by atoms with van der Waals surface area (Å²) in [4.78, 5) is 53.3. The molecule has 1 fully saturated rings. The second kappa shape index (κ2) is 9.76. The molecule has 1 aliphatic heterocycles. The third-order valence-corrected chi connectivity index (χ3v) is 6.03. The lowest BCUT2D eigenvalue weighted by Gasteiger charge is -2.33. The molecule has 0 N–H and O–H groups in total. The number of carbonyl (C=O) groups excluding carboxylic acids is 3. The van der Waals surface area contributed by atoms with Gasteiger partial charge in [-0.05, 0) is 42.8 Å². The summed E-state index contributed by atoms with van der Waals surface area (Å²) in [6.45, 7) is 1.76. The van der Waals surface area contributed by atoms with E-state index in [1.54, 1.807) is 31.2 Å². The summed E-state index contributed by atoms with van der Waals surface area (Å²) in [7, 11) is 1.51. The van der Waals surface area contributed by atoms with Gasteiger partial charge in [0.2, 0.25) is 5.91 Å². The lowest BCUT2D eigenvalue weighted by atomic mass is 10.0. The van der Waals surface area contributed by atoms with Crippen LogP contribution >= 0.6 is 0 Å². The molecule has 0 radical (unpaired) electrons. The number of imide groups is 1. The minimum Gasteiger partial charge on any atom is -0.497 e. The van der Waals surface area contributed by atoms with E-state index in [4.69, 9.17) is 4.74 Å². The number of carbonyl (C=O) groups is 3. The van der Waals surface area contributed by atoms with Crippen molar-refractivity contribution >= 4 is 29.1 Å². The normalized spacial score (nSPS) is 16.2. The van der Waals surface area contributed by atoms with Crippen molar-refractivity contribution in [3.63, 3.8) is 0 Å². The molecule has 1 aliphatic rings. The van der Waals surface area contributed by atoms with Gasteiger partial charge in [0.15, 0.2) is 0 Å². The van der Waals surface area contributed by atoms with Gasteiger partial charge in [-0.1, -0.05) is 36.4 Å². The summed E-state index contributed by atoms with van der Waals surface area (Å²) in [6.07, 6.45) is -0.206. The van der Waals surface area contributed by atoms with Crippen molar-refractivity contribution < 1.29 is 24.0 Å². The minimum atomic E-state index is -1.08. The third-order valence-electron chi connectivity index (χ3n) is 6.03. The molecule has 0 bridgehead atoms. The van der Waals surface area contributed by atoms with Crippen molar-refractivity contribution in [3.8, 4) is 5.75 Å². The highest BCUT2D eigenvalue weighted by atomic mass is 16.6. The highest BCUT2D eigenvalue weighted by Crippen LogP contribution is 2.33. The van der Waals surface area contributed by atoms with E-state index in [0.717, 1.165) is 10.5 Å². The van der Waals surface area contributed by atoms with Gasteiger partial charge in [0.25, 0.3) is 17.5 Å². The van der Waals surface area contributed by atoms with Gasteiger partial charge < -0.3 is 9.64 Å². The highest BCUT2D eigenvalue weighted by Gasteiger charge is 2.46. The van der Waals surface area contributed by atoms with Gasteiger partial charge in [0, 0.05) is 17.7 Å². The Bertz CT molecular complexity index is 1280. The number of nitrogens with zero attached hydrogens (tertiary/aromatic N) is 3. The van der Waals surface area contributed by atoms with Gasteiger partial charge in [0.05, 0.1) is 30.2 Å². The zero-order chi connectivity index (χ0) is 25.1. The minimum absolute atomic E-state index is 0.0603. The van der Waals surface area contributed by atoms with Crippen molar-refractivity contribution in [1.29, 1.82) is 0 Å². The van der Waals surface area contributed by atoms with Gasteiger partial charge in [-0.2, -0.15) is 0 Å². The Labute approximate surface area is 201 Å². The van der Waals surface area contributed by atoms with Gasteiger partial charge in [-0.25, -0.2) is 4.90 Å². The van der Waals surface area contributed by atoms with Crippen LogP contribution in [-0.4, -0.2) is 40.7 Å². The van der Waals surface area contributed by atoms with Crippen LogP contribution in [0.4, 0.5) is 11.4 Å². The number of non-ortho nitro benzene ring substituents is 1. The summed E-state index contributed by atoms with van der Waals surface area (Å²) < 4.78 is 5.14. The summed E-state index contributed by atoms with van der Waals surface area (Å²) in [6, 6.07) is 19.3. The topological polar surface area (TPSA) is 110 Å². The molecule has 1 heterocycles. The Kier molecular flexibility index (Phi) is 6.59. The summed E-state index contributed by atoms with van der Waals surface area (Å²) >= 11 is 0. The maximum Gasteiger partial charge on any atom is 0.270 e. The van der Waals surface area contributed by atoms with Crippen LogP contribution in [0.5, 0.6) is 5.75 Å². The number of nitro groups is 1. The highest BCUT2D eigenvalue weighted by molar-refractivity contribution is 6.23. The predicted molar refractivity (Wildman–Crippen MR) is 128 cm³/mol. The molecule has 3 amide bonds. The zero-order valence-electron chi connectivity index (χ0n) is 19.2. The summed E-state index contributed by atoms with van der Waals surface area (Å²) in [5, 5.41) is 11.3. The molecule has 178 valence electrons. The lowest BCUT2D eigenvalue weighted by molar-refractivity contribution is -0.384. The number of nitro benzene ring substituents is 1. The van der Waals surface area contributed by atoms with Crippen molar-refractivity contribution in [1.82, 2.24) is 4.90 Å². The number of anilines is 1. The lowest BCUT2D eigenvalue weighted by Crippen LogP contribution is -2.46. The van der Waals surface area contributed by atoms with E-state index in [1.165, 1.54) is 36.3 Å². The van der Waals surface area contributed by atoms with Crippen LogP contribution in [-0.2, 0) is 9.59 Å². The average Bonchev–Trinajstić information content (AvgIpc) is 3.17. The van der Waals surface area contributed by atoms with Gasteiger partial charge in [0.1, 0.15) is 11.8 Å². The second-order valence-corrected chi connectivity index (χ2v) is 8.09.